The number of cyclic esters (lactones) is 1. The molecule has 5 N–H and O–H groups in total. The number of allylic oxidation sites excluding steroid dienone is 5. The lowest BCUT2D eigenvalue weighted by molar-refractivity contribution is -0.195. The molecule has 1 aliphatic heterocycles. The van der Waals surface area contributed by atoms with Crippen molar-refractivity contribution in [3.63, 3.8) is 0 Å². The number of esters is 2. The summed E-state index contributed by atoms with van der Waals surface area (Å²) < 4.78 is 23.6. The molecule has 2 rings (SSSR count). The van der Waals surface area contributed by atoms with Gasteiger partial charge in [-0.15, -0.1) is 11.3 Å². The van der Waals surface area contributed by atoms with Crippen molar-refractivity contribution in [2.75, 3.05) is 14.2 Å². The van der Waals surface area contributed by atoms with Crippen LogP contribution < -0.4 is 0 Å². The van der Waals surface area contributed by atoms with Gasteiger partial charge < -0.3 is 44.5 Å². The van der Waals surface area contributed by atoms with Gasteiger partial charge in [0.15, 0.2) is 0 Å². The fourth-order valence-corrected chi connectivity index (χ4v) is 8.98. The van der Waals surface area contributed by atoms with E-state index in [-0.39, 0.29) is 30.5 Å². The van der Waals surface area contributed by atoms with E-state index in [0.29, 0.717) is 47.5 Å². The molecule has 15 atom stereocenters. The quantitative estimate of drug-likeness (QED) is 0.109. The van der Waals surface area contributed by atoms with Crippen LogP contribution in [0.2, 0.25) is 0 Å². The van der Waals surface area contributed by atoms with Gasteiger partial charge in [0.05, 0.1) is 29.9 Å². The Hall–Kier alpha value is -3.08. The number of aliphatic hydroxyl groups excluding tert-OH is 4. The van der Waals surface area contributed by atoms with Crippen LogP contribution in [0.4, 0.5) is 0 Å². The molecule has 1 aromatic heterocycles. The average molecular weight is 920 g/mol. The number of ketones is 1. The molecule has 0 aromatic carbocycles. The number of carbonyl (C=O) groups excluding carboxylic acids is 3. The van der Waals surface area contributed by atoms with Crippen LogP contribution in [0.3, 0.4) is 0 Å². The maximum absolute atomic E-state index is 14.6. The highest BCUT2D eigenvalue weighted by atomic mass is 32.1. The van der Waals surface area contributed by atoms with Crippen molar-refractivity contribution in [3.8, 4) is 0 Å². The van der Waals surface area contributed by atoms with Crippen LogP contribution in [0.5, 0.6) is 0 Å². The average Bonchev–Trinajstić information content (AvgIpc) is 3.70. The van der Waals surface area contributed by atoms with Gasteiger partial charge in [-0.05, 0) is 91.1 Å². The zero-order chi connectivity index (χ0) is 48.9. The fraction of sp³-hybridized carbons (Fsp3) is 0.720. The van der Waals surface area contributed by atoms with Gasteiger partial charge in [0.25, 0.3) is 0 Å². The van der Waals surface area contributed by atoms with Crippen molar-refractivity contribution in [1.82, 2.24) is 4.98 Å². The first kappa shape index (κ1) is 57.0. The van der Waals surface area contributed by atoms with E-state index in [9.17, 15) is 39.9 Å². The minimum atomic E-state index is -1.79. The van der Waals surface area contributed by atoms with Crippen molar-refractivity contribution in [2.45, 2.75) is 182 Å². The third-order valence-electron chi connectivity index (χ3n) is 13.1. The highest BCUT2D eigenvalue weighted by molar-refractivity contribution is 7.09. The first-order chi connectivity index (χ1) is 29.7. The summed E-state index contributed by atoms with van der Waals surface area (Å²) in [6.07, 6.45) is 5.83. The van der Waals surface area contributed by atoms with E-state index in [2.05, 4.69) is 0 Å². The molecule has 14 heteroatoms. The number of aliphatic hydroxyl groups is 5. The standard InChI is InChI=1S/C50H81NO12S/c1-16-31(4)45(57)63-49(12)24-23-29(2)26-39(53)36(9)40(54)32(5)19-17-20-33(6)41(55)42(56)43(60-14)34(7)21-18-22-35(8)44(62-47(49)58)48(11,59)27-30(3)25-38-28-64-46(51-38)50(13,61-15)37(10)52/h17-19,21-22,27-29,31-33,35-37,39,41-44,52-53,55-56,59H,16,20,23-26H2,1-15H3/b19-17-,22-18+,30-27-,34-21+. The van der Waals surface area contributed by atoms with Gasteiger partial charge in [0.1, 0.15) is 40.3 Å². The van der Waals surface area contributed by atoms with E-state index in [1.807, 2.05) is 32.2 Å². The van der Waals surface area contributed by atoms with Gasteiger partial charge >= 0.3 is 11.9 Å². The number of thiazole rings is 1. The second kappa shape index (κ2) is 25.2. The topological polar surface area (TPSA) is 202 Å². The maximum atomic E-state index is 14.6. The Labute approximate surface area is 387 Å². The van der Waals surface area contributed by atoms with Crippen LogP contribution in [0.1, 0.15) is 133 Å². The molecule has 0 saturated heterocycles. The largest absolute Gasteiger partial charge is 0.455 e. The summed E-state index contributed by atoms with van der Waals surface area (Å²) >= 11 is 1.35. The number of hydrogen-bond donors (Lipinski definition) is 5. The van der Waals surface area contributed by atoms with Crippen LogP contribution in [0.15, 0.2) is 53.0 Å². The molecule has 13 nitrogen and oxygen atoms in total. The van der Waals surface area contributed by atoms with Gasteiger partial charge in [-0.25, -0.2) is 9.78 Å². The molecule has 0 bridgehead atoms. The second-order valence-corrected chi connectivity index (χ2v) is 20.0. The normalized spacial score (nSPS) is 35.0. The summed E-state index contributed by atoms with van der Waals surface area (Å²) in [4.78, 5) is 46.2. The molecule has 15 unspecified atom stereocenters. The molecule has 0 saturated carbocycles. The monoisotopic (exact) mass is 920 g/mol. The summed E-state index contributed by atoms with van der Waals surface area (Å²) in [5.74, 6) is -4.54. The lowest BCUT2D eigenvalue weighted by Gasteiger charge is -2.37. The summed E-state index contributed by atoms with van der Waals surface area (Å²) in [5, 5.41) is 58.9. The molecule has 1 aromatic rings. The highest BCUT2D eigenvalue weighted by Crippen LogP contribution is 2.34. The first-order valence-corrected chi connectivity index (χ1v) is 23.7. The first-order valence-electron chi connectivity index (χ1n) is 22.8. The molecule has 0 fully saturated rings. The maximum Gasteiger partial charge on any atom is 0.350 e. The fourth-order valence-electron chi connectivity index (χ4n) is 7.93. The summed E-state index contributed by atoms with van der Waals surface area (Å²) in [6, 6.07) is 0. The predicted octanol–water partition coefficient (Wildman–Crippen LogP) is 7.37. The smallest absolute Gasteiger partial charge is 0.350 e. The van der Waals surface area contributed by atoms with E-state index >= 15 is 0 Å². The molecule has 0 aliphatic carbocycles. The zero-order valence-corrected chi connectivity index (χ0v) is 42.0. The molecule has 364 valence electrons. The van der Waals surface area contributed by atoms with Crippen molar-refractivity contribution in [3.05, 3.63) is 63.7 Å². The molecular formula is C50H81NO12S. The molecule has 0 amide bonds. The van der Waals surface area contributed by atoms with Crippen molar-refractivity contribution in [2.24, 2.45) is 35.5 Å². The van der Waals surface area contributed by atoms with E-state index in [1.54, 1.807) is 92.7 Å². The third kappa shape index (κ3) is 15.5. The minimum absolute atomic E-state index is 0.0447. The molecule has 0 spiro atoms. The Bertz CT molecular complexity index is 1780. The van der Waals surface area contributed by atoms with E-state index in [1.165, 1.54) is 32.5 Å². The predicted molar refractivity (Wildman–Crippen MR) is 250 cm³/mol. The van der Waals surface area contributed by atoms with Crippen LogP contribution in [0, 0.1) is 35.5 Å². The van der Waals surface area contributed by atoms with E-state index in [4.69, 9.17) is 23.9 Å². The van der Waals surface area contributed by atoms with Gasteiger partial charge in [0, 0.05) is 43.8 Å². The molecule has 0 radical (unpaired) electrons. The Morgan fingerprint density at radius 3 is 2.30 bits per heavy atom. The number of nitrogens with zero attached hydrogens (tertiary/aromatic N) is 1. The van der Waals surface area contributed by atoms with Gasteiger partial charge in [-0.1, -0.05) is 90.5 Å². The molecule has 2 heterocycles. The SMILES string of the molecule is CCC(C)C(=O)OC1(C)CCC(C)CC(O)C(C)C(=O)C(C)/C=C\CC(C)C(O)C(O)C(OC)/C(C)=C/C=C/C(C)C(C(C)(O)/C=C(/C)Cc2csc(C(C)(OC)C(C)O)n2)OC1=O. The second-order valence-electron chi connectivity index (χ2n) is 19.2. The summed E-state index contributed by atoms with van der Waals surface area (Å²) in [6.45, 7) is 22.5. The number of carbonyl (C=O) groups is 3. The Balaban J connectivity index is 2.73. The van der Waals surface area contributed by atoms with Crippen molar-refractivity contribution in [1.29, 1.82) is 0 Å². The zero-order valence-electron chi connectivity index (χ0n) is 41.2. The molecule has 64 heavy (non-hydrogen) atoms. The number of Topliss-reactive ketones (excluding diaryl/α,β-unsaturated/α-hetero) is 1. The Morgan fingerprint density at radius 2 is 1.72 bits per heavy atom. The highest BCUT2D eigenvalue weighted by Gasteiger charge is 2.45. The number of aromatic nitrogens is 1. The van der Waals surface area contributed by atoms with Crippen LogP contribution >= 0.6 is 11.3 Å². The third-order valence-corrected chi connectivity index (χ3v) is 14.3. The van der Waals surface area contributed by atoms with Crippen LogP contribution in [0.25, 0.3) is 0 Å². The van der Waals surface area contributed by atoms with Crippen molar-refractivity contribution < 1.29 is 58.9 Å². The van der Waals surface area contributed by atoms with Gasteiger partial charge in [-0.3, -0.25) is 9.59 Å². The Morgan fingerprint density at radius 1 is 1.08 bits per heavy atom. The number of methoxy groups -OCH3 is 2. The molecular weight excluding hydrogens is 839 g/mol. The summed E-state index contributed by atoms with van der Waals surface area (Å²) in [5.41, 5.74) is -2.58. The lowest BCUT2D eigenvalue weighted by Crippen LogP contribution is -2.50. The minimum Gasteiger partial charge on any atom is -0.455 e. The van der Waals surface area contributed by atoms with Gasteiger partial charge in [-0.2, -0.15) is 0 Å². The van der Waals surface area contributed by atoms with E-state index in [0.717, 1.165) is 0 Å². The van der Waals surface area contributed by atoms with E-state index < -0.39 is 89.0 Å². The summed E-state index contributed by atoms with van der Waals surface area (Å²) in [7, 11) is 2.96. The lowest BCUT2D eigenvalue weighted by atomic mass is 9.84. The van der Waals surface area contributed by atoms with Crippen LogP contribution in [-0.2, 0) is 45.4 Å². The number of rotatable bonds is 11. The Kier molecular flexibility index (Phi) is 22.4. The van der Waals surface area contributed by atoms with Gasteiger partial charge in [0.2, 0.25) is 5.60 Å². The molecule has 1 aliphatic rings. The van der Waals surface area contributed by atoms with Crippen molar-refractivity contribution >= 4 is 29.1 Å². The number of hydrogen-bond acceptors (Lipinski definition) is 14. The number of ether oxygens (including phenoxy) is 4. The van der Waals surface area contributed by atoms with Crippen LogP contribution in [-0.4, -0.2) is 110 Å².